The molecule has 19 heavy (non-hydrogen) atoms. The monoisotopic (exact) mass is 251 g/mol. The molecule has 4 rings (SSSR count). The molecule has 1 unspecified atom stereocenters. The maximum Gasteiger partial charge on any atom is 0.179 e. The third-order valence-corrected chi connectivity index (χ3v) is 3.65. The minimum absolute atomic E-state index is 0.238. The number of aromatic nitrogens is 4. The first-order valence-corrected chi connectivity index (χ1v) is 6.36. The Hall–Kier alpha value is -2.27. The smallest absolute Gasteiger partial charge is 0.179 e. The minimum Gasteiger partial charge on any atom is -0.312 e. The van der Waals surface area contributed by atoms with Crippen LogP contribution in [0.4, 0.5) is 0 Å². The van der Waals surface area contributed by atoms with E-state index in [0.717, 1.165) is 24.6 Å². The van der Waals surface area contributed by atoms with Gasteiger partial charge in [0.05, 0.1) is 12.1 Å². The number of hydrogen-bond acceptors (Lipinski definition) is 4. The fraction of sp³-hybridized carbons (Fsp3) is 0.214. The first-order valence-electron chi connectivity index (χ1n) is 6.36. The van der Waals surface area contributed by atoms with Gasteiger partial charge >= 0.3 is 0 Å². The largest absolute Gasteiger partial charge is 0.312 e. The fourth-order valence-electron chi connectivity index (χ4n) is 2.74. The predicted molar refractivity (Wildman–Crippen MR) is 70.8 cm³/mol. The number of nitrogens with zero attached hydrogens (tertiary/aromatic N) is 4. The zero-order valence-corrected chi connectivity index (χ0v) is 10.3. The molecule has 0 spiro atoms. The second kappa shape index (κ2) is 4.13. The molecule has 1 atom stereocenters. The van der Waals surface area contributed by atoms with Crippen LogP contribution in [0.5, 0.6) is 0 Å². The average Bonchev–Trinajstić information content (AvgIpc) is 2.90. The Morgan fingerprint density at radius 3 is 3.16 bits per heavy atom. The first-order chi connectivity index (χ1) is 9.43. The molecule has 1 aliphatic rings. The van der Waals surface area contributed by atoms with E-state index >= 15 is 0 Å². The van der Waals surface area contributed by atoms with E-state index in [4.69, 9.17) is 0 Å². The summed E-state index contributed by atoms with van der Waals surface area (Å²) in [5, 5.41) is 12.0. The van der Waals surface area contributed by atoms with Crippen LogP contribution in [-0.4, -0.2) is 26.1 Å². The predicted octanol–water partition coefficient (Wildman–Crippen LogP) is 1.36. The van der Waals surface area contributed by atoms with Crippen LogP contribution in [0.15, 0.2) is 42.9 Å². The number of rotatable bonds is 1. The third-order valence-electron chi connectivity index (χ3n) is 3.65. The summed E-state index contributed by atoms with van der Waals surface area (Å²) in [5.74, 6) is 1.21. The van der Waals surface area contributed by atoms with Crippen molar-refractivity contribution in [2.75, 3.05) is 6.54 Å². The van der Waals surface area contributed by atoms with Crippen LogP contribution in [0.1, 0.15) is 22.9 Å². The van der Waals surface area contributed by atoms with Crippen LogP contribution in [0.3, 0.4) is 0 Å². The van der Waals surface area contributed by atoms with E-state index in [1.54, 1.807) is 12.4 Å². The van der Waals surface area contributed by atoms with Crippen molar-refractivity contribution in [2.24, 2.45) is 0 Å². The van der Waals surface area contributed by atoms with Gasteiger partial charge in [0.1, 0.15) is 5.82 Å². The molecular weight excluding hydrogens is 238 g/mol. The maximum atomic E-state index is 4.35. The highest BCUT2D eigenvalue weighted by Crippen LogP contribution is 2.28. The molecule has 0 saturated carbocycles. The van der Waals surface area contributed by atoms with Gasteiger partial charge in [0, 0.05) is 25.5 Å². The summed E-state index contributed by atoms with van der Waals surface area (Å²) in [6, 6.07) is 8.51. The lowest BCUT2D eigenvalue weighted by molar-refractivity contribution is 0.568. The number of nitrogens with one attached hydrogen (secondary N) is 1. The molecule has 5 heteroatoms. The molecule has 2 aromatic heterocycles. The molecule has 3 aromatic rings. The van der Waals surface area contributed by atoms with Gasteiger partial charge in [0.15, 0.2) is 5.65 Å². The second-order valence-corrected chi connectivity index (χ2v) is 4.75. The molecule has 0 fully saturated rings. The van der Waals surface area contributed by atoms with E-state index < -0.39 is 0 Å². The van der Waals surface area contributed by atoms with Gasteiger partial charge in [-0.05, 0) is 11.1 Å². The molecule has 5 nitrogen and oxygen atoms in total. The molecule has 0 aliphatic carbocycles. The number of benzene rings is 1. The molecule has 1 aromatic carbocycles. The Balaban J connectivity index is 1.90. The van der Waals surface area contributed by atoms with Gasteiger partial charge < -0.3 is 5.32 Å². The van der Waals surface area contributed by atoms with Crippen molar-refractivity contribution in [3.8, 4) is 0 Å². The zero-order chi connectivity index (χ0) is 12.7. The van der Waals surface area contributed by atoms with Gasteiger partial charge in [0.25, 0.3) is 0 Å². The lowest BCUT2D eigenvalue weighted by Gasteiger charge is -2.25. The fourth-order valence-corrected chi connectivity index (χ4v) is 2.74. The summed E-state index contributed by atoms with van der Waals surface area (Å²) in [5.41, 5.74) is 3.47. The first kappa shape index (κ1) is 10.6. The standard InChI is InChI=1S/C14H13N5/c1-2-4-11-10(3-1)7-16-8-12(11)14-18-17-13-9-15-5-6-19(13)14/h1-6,9,12,16H,7-8H2. The van der Waals surface area contributed by atoms with Crippen LogP contribution in [-0.2, 0) is 6.54 Å². The molecule has 0 saturated heterocycles. The minimum atomic E-state index is 0.238. The summed E-state index contributed by atoms with van der Waals surface area (Å²) < 4.78 is 2.02. The van der Waals surface area contributed by atoms with Crippen molar-refractivity contribution < 1.29 is 0 Å². The summed E-state index contributed by atoms with van der Waals surface area (Å²) in [6.07, 6.45) is 5.42. The Labute approximate surface area is 110 Å². The molecular formula is C14H13N5. The highest BCUT2D eigenvalue weighted by molar-refractivity contribution is 5.40. The van der Waals surface area contributed by atoms with Gasteiger partial charge in [-0.2, -0.15) is 0 Å². The van der Waals surface area contributed by atoms with Crippen molar-refractivity contribution >= 4 is 5.65 Å². The van der Waals surface area contributed by atoms with E-state index in [2.05, 4.69) is 44.8 Å². The van der Waals surface area contributed by atoms with Crippen molar-refractivity contribution in [1.82, 2.24) is 24.9 Å². The second-order valence-electron chi connectivity index (χ2n) is 4.75. The zero-order valence-electron chi connectivity index (χ0n) is 10.3. The third kappa shape index (κ3) is 1.62. The molecule has 0 radical (unpaired) electrons. The van der Waals surface area contributed by atoms with Gasteiger partial charge in [-0.1, -0.05) is 24.3 Å². The van der Waals surface area contributed by atoms with E-state index in [-0.39, 0.29) is 5.92 Å². The topological polar surface area (TPSA) is 55.1 Å². The summed E-state index contributed by atoms with van der Waals surface area (Å²) in [7, 11) is 0. The van der Waals surface area contributed by atoms with Crippen molar-refractivity contribution in [3.63, 3.8) is 0 Å². The molecule has 94 valence electrons. The summed E-state index contributed by atoms with van der Waals surface area (Å²) >= 11 is 0. The summed E-state index contributed by atoms with van der Waals surface area (Å²) in [4.78, 5) is 4.08. The number of hydrogen-bond donors (Lipinski definition) is 1. The van der Waals surface area contributed by atoms with Crippen LogP contribution in [0.2, 0.25) is 0 Å². The number of fused-ring (bicyclic) bond motifs is 2. The Bertz CT molecular complexity index is 733. The van der Waals surface area contributed by atoms with Crippen LogP contribution >= 0.6 is 0 Å². The lowest BCUT2D eigenvalue weighted by Crippen LogP contribution is -2.29. The highest BCUT2D eigenvalue weighted by Gasteiger charge is 2.25. The lowest BCUT2D eigenvalue weighted by atomic mass is 9.90. The van der Waals surface area contributed by atoms with Crippen LogP contribution < -0.4 is 5.32 Å². The molecule has 3 heterocycles. The highest BCUT2D eigenvalue weighted by atomic mass is 15.3. The average molecular weight is 251 g/mol. The van der Waals surface area contributed by atoms with Gasteiger partial charge in [-0.15, -0.1) is 10.2 Å². The van der Waals surface area contributed by atoms with Crippen LogP contribution in [0.25, 0.3) is 5.65 Å². The van der Waals surface area contributed by atoms with E-state index in [0.29, 0.717) is 0 Å². The Morgan fingerprint density at radius 1 is 1.21 bits per heavy atom. The molecule has 0 amide bonds. The van der Waals surface area contributed by atoms with Crippen molar-refractivity contribution in [2.45, 2.75) is 12.5 Å². The Kier molecular flexibility index (Phi) is 2.31. The van der Waals surface area contributed by atoms with E-state index in [1.807, 2.05) is 10.6 Å². The van der Waals surface area contributed by atoms with E-state index in [9.17, 15) is 0 Å². The van der Waals surface area contributed by atoms with Gasteiger partial charge in [-0.25, -0.2) is 0 Å². The molecule has 0 bridgehead atoms. The van der Waals surface area contributed by atoms with Crippen molar-refractivity contribution in [3.05, 3.63) is 59.8 Å². The Morgan fingerprint density at radius 2 is 2.16 bits per heavy atom. The SMILES string of the molecule is c1ccc2c(c1)CNCC2c1nnc2cnccn12. The van der Waals surface area contributed by atoms with Crippen molar-refractivity contribution in [1.29, 1.82) is 0 Å². The van der Waals surface area contributed by atoms with Gasteiger partial charge in [-0.3, -0.25) is 9.38 Å². The molecule has 1 aliphatic heterocycles. The maximum absolute atomic E-state index is 4.35. The van der Waals surface area contributed by atoms with Gasteiger partial charge in [0.2, 0.25) is 0 Å². The quantitative estimate of drug-likeness (QED) is 0.709. The van der Waals surface area contributed by atoms with E-state index in [1.165, 1.54) is 11.1 Å². The molecule has 1 N–H and O–H groups in total. The van der Waals surface area contributed by atoms with Crippen LogP contribution in [0, 0.1) is 0 Å². The normalized spacial score (nSPS) is 18.4. The summed E-state index contributed by atoms with van der Waals surface area (Å²) in [6.45, 7) is 1.81.